The molecule has 0 saturated carbocycles. The number of carbonyl (C=O) groups is 1. The Kier molecular flexibility index (Phi) is 4.68. The van der Waals surface area contributed by atoms with Crippen LogP contribution in [-0.4, -0.2) is 12.0 Å². The maximum atomic E-state index is 12.3. The lowest BCUT2D eigenvalue weighted by Gasteiger charge is -2.06. The number of ketones is 1. The van der Waals surface area contributed by atoms with Crippen LogP contribution >= 0.6 is 46.9 Å². The summed E-state index contributed by atoms with van der Waals surface area (Å²) in [6.45, 7) is 0. The number of allylic oxidation sites excluding steroid dienone is 1. The van der Waals surface area contributed by atoms with E-state index in [4.69, 9.17) is 11.6 Å². The molecule has 1 nitrogen and oxygen atoms in total. The topological polar surface area (TPSA) is 17.1 Å². The third kappa shape index (κ3) is 3.13. The zero-order valence-corrected chi connectivity index (χ0v) is 12.2. The summed E-state index contributed by atoms with van der Waals surface area (Å²) >= 11 is 10.5. The van der Waals surface area contributed by atoms with Crippen molar-refractivity contribution in [3.8, 4) is 0 Å². The van der Waals surface area contributed by atoms with Gasteiger partial charge in [0.25, 0.3) is 0 Å². The average Bonchev–Trinajstić information content (AvgIpc) is 2.84. The highest BCUT2D eigenvalue weighted by molar-refractivity contribution is 8.28. The first-order valence-corrected chi connectivity index (χ1v) is 8.15. The van der Waals surface area contributed by atoms with Crippen molar-refractivity contribution in [1.82, 2.24) is 0 Å². The first-order chi connectivity index (χ1) is 8.22. The monoisotopic (exact) mass is 300 g/mol. The second kappa shape index (κ2) is 6.05. The van der Waals surface area contributed by atoms with Crippen molar-refractivity contribution in [2.24, 2.45) is 0 Å². The van der Waals surface area contributed by atoms with Gasteiger partial charge in [-0.2, -0.15) is 0 Å². The van der Waals surface area contributed by atoms with Gasteiger partial charge < -0.3 is 0 Å². The number of halogens is 1. The van der Waals surface area contributed by atoms with E-state index in [2.05, 4.69) is 0 Å². The number of rotatable bonds is 3. The van der Waals surface area contributed by atoms with Gasteiger partial charge in [-0.05, 0) is 41.3 Å². The predicted molar refractivity (Wildman–Crippen MR) is 80.6 cm³/mol. The van der Waals surface area contributed by atoms with Gasteiger partial charge in [0.15, 0.2) is 0 Å². The quantitative estimate of drug-likeness (QED) is 0.576. The van der Waals surface area contributed by atoms with Crippen LogP contribution in [0.2, 0.25) is 5.02 Å². The van der Waals surface area contributed by atoms with Gasteiger partial charge in [0.1, 0.15) is 0 Å². The molecule has 0 atom stereocenters. The molecule has 1 heterocycles. The number of Topliss-reactive ketones (excluding diaryl/α,β-unsaturated/α-hetero) is 1. The molecule has 1 aromatic rings. The highest BCUT2D eigenvalue weighted by Gasteiger charge is 2.18. The smallest absolute Gasteiger partial charge is 0.201 e. The molecule has 0 aliphatic carbocycles. The minimum absolute atomic E-state index is 0.0628. The Morgan fingerprint density at radius 3 is 2.29 bits per heavy atom. The Bertz CT molecular complexity index is 481. The lowest BCUT2D eigenvalue weighted by molar-refractivity contribution is 0.104. The van der Waals surface area contributed by atoms with E-state index in [9.17, 15) is 4.79 Å². The minimum Gasteiger partial charge on any atom is -0.288 e. The molecule has 88 valence electrons. The molecule has 0 fully saturated rings. The Hall–Kier alpha value is -0.290. The van der Waals surface area contributed by atoms with E-state index in [1.165, 1.54) is 11.8 Å². The third-order valence-corrected chi connectivity index (χ3v) is 5.55. The maximum absolute atomic E-state index is 12.3. The van der Waals surface area contributed by atoms with Crippen LogP contribution in [0, 0.1) is 0 Å². The first-order valence-electron chi connectivity index (χ1n) is 4.79. The van der Waals surface area contributed by atoms with Crippen LogP contribution in [0.3, 0.4) is 0 Å². The molecule has 1 aromatic carbocycles. The normalized spacial score (nSPS) is 14.1. The average molecular weight is 301 g/mol. The molecule has 0 aromatic heterocycles. The fourth-order valence-electron chi connectivity index (χ4n) is 1.32. The molecule has 5 heteroatoms. The molecular formula is C12H9ClOS3. The zero-order valence-electron chi connectivity index (χ0n) is 8.98. The van der Waals surface area contributed by atoms with Gasteiger partial charge in [-0.25, -0.2) is 0 Å². The summed E-state index contributed by atoms with van der Waals surface area (Å²) < 4.78 is 1.05. The van der Waals surface area contributed by atoms with Gasteiger partial charge in [0, 0.05) is 10.6 Å². The standard InChI is InChI=1S/C12H9ClOS3/c1-15-11(12-16-6-7-17-12)10(14)8-2-4-9(13)5-3-8/h2-7H,1H3. The molecule has 0 radical (unpaired) electrons. The first kappa shape index (κ1) is 13.1. The number of thioether (sulfide) groups is 3. The summed E-state index contributed by atoms with van der Waals surface area (Å²) in [5.41, 5.74) is 0.680. The Morgan fingerprint density at radius 2 is 1.76 bits per heavy atom. The highest BCUT2D eigenvalue weighted by atomic mass is 35.5. The fourth-order valence-corrected chi connectivity index (χ4v) is 4.35. The SMILES string of the molecule is CSC(C(=O)c1ccc(Cl)cc1)=C1SC=CS1. The molecule has 0 unspecified atom stereocenters. The Balaban J connectivity index is 2.29. The molecule has 0 N–H and O–H groups in total. The van der Waals surface area contributed by atoms with E-state index in [-0.39, 0.29) is 5.78 Å². The van der Waals surface area contributed by atoms with E-state index in [0.29, 0.717) is 10.6 Å². The summed E-state index contributed by atoms with van der Waals surface area (Å²) in [6, 6.07) is 7.01. The van der Waals surface area contributed by atoms with Gasteiger partial charge in [-0.15, -0.1) is 11.8 Å². The van der Waals surface area contributed by atoms with Crippen molar-refractivity contribution in [1.29, 1.82) is 0 Å². The zero-order chi connectivity index (χ0) is 12.3. The molecule has 0 amide bonds. The molecule has 1 aliphatic heterocycles. The van der Waals surface area contributed by atoms with Gasteiger partial charge >= 0.3 is 0 Å². The Labute approximate surface area is 118 Å². The van der Waals surface area contributed by atoms with Crippen molar-refractivity contribution >= 4 is 52.7 Å². The van der Waals surface area contributed by atoms with Crippen molar-refractivity contribution < 1.29 is 4.79 Å². The van der Waals surface area contributed by atoms with Crippen LogP contribution in [0.1, 0.15) is 10.4 Å². The van der Waals surface area contributed by atoms with E-state index in [0.717, 1.165) is 9.14 Å². The van der Waals surface area contributed by atoms with Crippen LogP contribution in [0.4, 0.5) is 0 Å². The van der Waals surface area contributed by atoms with Crippen molar-refractivity contribution in [2.75, 3.05) is 6.26 Å². The van der Waals surface area contributed by atoms with E-state index in [1.54, 1.807) is 47.8 Å². The highest BCUT2D eigenvalue weighted by Crippen LogP contribution is 2.43. The number of carbonyl (C=O) groups excluding carboxylic acids is 1. The molecule has 2 rings (SSSR count). The molecule has 0 saturated heterocycles. The molecule has 0 bridgehead atoms. The predicted octanol–water partition coefficient (Wildman–Crippen LogP) is 5.01. The second-order valence-electron chi connectivity index (χ2n) is 3.16. The van der Waals surface area contributed by atoms with Crippen molar-refractivity contribution in [2.45, 2.75) is 0 Å². The molecule has 1 aliphatic rings. The third-order valence-electron chi connectivity index (χ3n) is 2.11. The van der Waals surface area contributed by atoms with Crippen LogP contribution in [0.15, 0.2) is 44.2 Å². The molecular weight excluding hydrogens is 292 g/mol. The van der Waals surface area contributed by atoms with Gasteiger partial charge in [0.05, 0.1) is 9.14 Å². The van der Waals surface area contributed by atoms with Crippen LogP contribution in [-0.2, 0) is 0 Å². The van der Waals surface area contributed by atoms with Crippen LogP contribution < -0.4 is 0 Å². The summed E-state index contributed by atoms with van der Waals surface area (Å²) in [6.07, 6.45) is 1.93. The van der Waals surface area contributed by atoms with Crippen LogP contribution in [0.5, 0.6) is 0 Å². The van der Waals surface area contributed by atoms with Crippen molar-refractivity contribution in [3.63, 3.8) is 0 Å². The van der Waals surface area contributed by atoms with Crippen molar-refractivity contribution in [3.05, 3.63) is 54.8 Å². The second-order valence-corrected chi connectivity index (χ2v) is 6.51. The lowest BCUT2D eigenvalue weighted by Crippen LogP contribution is -2.01. The number of benzene rings is 1. The number of hydrogen-bond donors (Lipinski definition) is 0. The summed E-state index contributed by atoms with van der Waals surface area (Å²) in [4.78, 5) is 13.1. The molecule has 0 spiro atoms. The summed E-state index contributed by atoms with van der Waals surface area (Å²) in [5, 5.41) is 4.63. The fraction of sp³-hybridized carbons (Fsp3) is 0.0833. The van der Waals surface area contributed by atoms with Gasteiger partial charge in [-0.3, -0.25) is 4.79 Å². The van der Waals surface area contributed by atoms with Gasteiger partial charge in [0.2, 0.25) is 5.78 Å². The minimum atomic E-state index is 0.0628. The maximum Gasteiger partial charge on any atom is 0.201 e. The number of hydrogen-bond acceptors (Lipinski definition) is 4. The van der Waals surface area contributed by atoms with E-state index < -0.39 is 0 Å². The largest absolute Gasteiger partial charge is 0.288 e. The Morgan fingerprint density at radius 1 is 1.18 bits per heavy atom. The lowest BCUT2D eigenvalue weighted by atomic mass is 10.1. The molecule has 17 heavy (non-hydrogen) atoms. The summed E-state index contributed by atoms with van der Waals surface area (Å²) in [7, 11) is 0. The van der Waals surface area contributed by atoms with E-state index in [1.807, 2.05) is 17.1 Å². The van der Waals surface area contributed by atoms with Gasteiger partial charge in [-0.1, -0.05) is 35.1 Å². The van der Waals surface area contributed by atoms with E-state index >= 15 is 0 Å². The summed E-state index contributed by atoms with van der Waals surface area (Å²) in [5.74, 6) is 0.0628. The van der Waals surface area contributed by atoms with Crippen LogP contribution in [0.25, 0.3) is 0 Å².